The molecule has 1 aromatic heterocycles. The minimum absolute atomic E-state index is 0.0458. The smallest absolute Gasteiger partial charge is 0.326 e. The summed E-state index contributed by atoms with van der Waals surface area (Å²) in [7, 11) is 0. The maximum atomic E-state index is 13.5. The molecule has 0 aliphatic carbocycles. The monoisotopic (exact) mass is 528 g/mol. The molecule has 3 amide bonds. The number of nitrogens with one attached hydrogen (secondary N) is 4. The van der Waals surface area contributed by atoms with Crippen molar-refractivity contribution in [2.45, 2.75) is 77.5 Å². The molecule has 38 heavy (non-hydrogen) atoms. The number of aromatic amines is 1. The Bertz CT molecular complexity index is 1040. The molecule has 1 aromatic carbocycles. The second kappa shape index (κ2) is 14.9. The molecule has 2 rings (SSSR count). The number of nitrogens with zero attached hydrogens (tertiary/aromatic N) is 1. The highest BCUT2D eigenvalue weighted by atomic mass is 16.4. The molecule has 0 bridgehead atoms. The highest BCUT2D eigenvalue weighted by Crippen LogP contribution is 2.12. The van der Waals surface area contributed by atoms with Gasteiger partial charge in [0.1, 0.15) is 18.1 Å². The molecule has 0 radical (unpaired) electrons. The van der Waals surface area contributed by atoms with Gasteiger partial charge in [-0.3, -0.25) is 14.4 Å². The molecule has 0 saturated heterocycles. The van der Waals surface area contributed by atoms with Crippen molar-refractivity contribution in [1.29, 1.82) is 0 Å². The summed E-state index contributed by atoms with van der Waals surface area (Å²) >= 11 is 0. The molecular formula is C27H40N6O5. The molecule has 0 fully saturated rings. The Morgan fingerprint density at radius 2 is 1.61 bits per heavy atom. The number of carboxylic acids is 1. The molecule has 0 saturated carbocycles. The highest BCUT2D eigenvalue weighted by Gasteiger charge is 2.33. The van der Waals surface area contributed by atoms with E-state index in [0.29, 0.717) is 12.1 Å². The maximum absolute atomic E-state index is 13.5. The van der Waals surface area contributed by atoms with Crippen LogP contribution in [0.4, 0.5) is 0 Å². The Morgan fingerprint density at radius 1 is 0.947 bits per heavy atom. The van der Waals surface area contributed by atoms with Crippen LogP contribution in [0.25, 0.3) is 0 Å². The number of hydrogen-bond acceptors (Lipinski definition) is 6. The molecular weight excluding hydrogens is 488 g/mol. The number of amides is 3. The quantitative estimate of drug-likeness (QED) is 0.201. The van der Waals surface area contributed by atoms with E-state index in [9.17, 15) is 24.3 Å². The Kier molecular flexibility index (Phi) is 11.9. The zero-order chi connectivity index (χ0) is 28.2. The van der Waals surface area contributed by atoms with Gasteiger partial charge >= 0.3 is 5.97 Å². The lowest BCUT2D eigenvalue weighted by molar-refractivity contribution is -0.143. The first kappa shape index (κ1) is 30.5. The zero-order valence-corrected chi connectivity index (χ0v) is 22.4. The number of benzene rings is 1. The summed E-state index contributed by atoms with van der Waals surface area (Å²) < 4.78 is 0. The van der Waals surface area contributed by atoms with Crippen LogP contribution in [0.2, 0.25) is 0 Å². The largest absolute Gasteiger partial charge is 0.480 e. The second-order valence-electron chi connectivity index (χ2n) is 10.0. The fourth-order valence-electron chi connectivity index (χ4n) is 3.97. The fourth-order valence-corrected chi connectivity index (χ4v) is 3.97. The predicted octanol–water partition coefficient (Wildman–Crippen LogP) is 1.15. The maximum Gasteiger partial charge on any atom is 0.326 e. The highest BCUT2D eigenvalue weighted by molar-refractivity contribution is 5.94. The average molecular weight is 529 g/mol. The molecule has 1 heterocycles. The van der Waals surface area contributed by atoms with Gasteiger partial charge in [-0.2, -0.15) is 0 Å². The number of nitrogens with two attached hydrogens (primary N) is 1. The number of carbonyl (C=O) groups excluding carboxylic acids is 3. The first-order valence-electron chi connectivity index (χ1n) is 12.9. The summed E-state index contributed by atoms with van der Waals surface area (Å²) in [5, 5.41) is 17.6. The van der Waals surface area contributed by atoms with Crippen LogP contribution in [-0.2, 0) is 32.0 Å². The number of H-pyrrole nitrogens is 1. The summed E-state index contributed by atoms with van der Waals surface area (Å²) in [5.41, 5.74) is 7.57. The van der Waals surface area contributed by atoms with Crippen molar-refractivity contribution >= 4 is 23.7 Å². The van der Waals surface area contributed by atoms with E-state index in [-0.39, 0.29) is 31.1 Å². The van der Waals surface area contributed by atoms with Gasteiger partial charge in [-0.1, -0.05) is 64.4 Å². The van der Waals surface area contributed by atoms with Crippen molar-refractivity contribution in [3.05, 3.63) is 54.1 Å². The molecule has 11 nitrogen and oxygen atoms in total. The topological polar surface area (TPSA) is 179 Å². The lowest BCUT2D eigenvalue weighted by atomic mass is 9.96. The van der Waals surface area contributed by atoms with Crippen molar-refractivity contribution in [2.24, 2.45) is 17.6 Å². The van der Waals surface area contributed by atoms with Gasteiger partial charge < -0.3 is 31.8 Å². The lowest BCUT2D eigenvalue weighted by Gasteiger charge is -2.28. The third-order valence-electron chi connectivity index (χ3n) is 6.36. The molecule has 5 unspecified atom stereocenters. The summed E-state index contributed by atoms with van der Waals surface area (Å²) in [5.74, 6) is -3.05. The first-order valence-corrected chi connectivity index (χ1v) is 12.9. The first-order chi connectivity index (χ1) is 18.0. The number of rotatable bonds is 15. The predicted molar refractivity (Wildman–Crippen MR) is 143 cm³/mol. The van der Waals surface area contributed by atoms with Crippen LogP contribution in [0.5, 0.6) is 0 Å². The van der Waals surface area contributed by atoms with Gasteiger partial charge in [-0.15, -0.1) is 0 Å². The van der Waals surface area contributed by atoms with E-state index < -0.39 is 47.9 Å². The van der Waals surface area contributed by atoms with Gasteiger partial charge in [0.2, 0.25) is 17.7 Å². The molecule has 208 valence electrons. The van der Waals surface area contributed by atoms with E-state index in [1.807, 2.05) is 51.1 Å². The number of aromatic nitrogens is 2. The van der Waals surface area contributed by atoms with E-state index in [0.717, 1.165) is 5.56 Å². The van der Waals surface area contributed by atoms with E-state index in [1.165, 1.54) is 6.33 Å². The lowest BCUT2D eigenvalue weighted by Crippen LogP contribution is -2.59. The van der Waals surface area contributed by atoms with Crippen LogP contribution in [0.3, 0.4) is 0 Å². The van der Waals surface area contributed by atoms with E-state index in [2.05, 4.69) is 25.9 Å². The van der Waals surface area contributed by atoms with E-state index >= 15 is 0 Å². The Labute approximate surface area is 223 Å². The number of carboxylic acid groups (broad SMARTS) is 1. The minimum atomic E-state index is -1.14. The van der Waals surface area contributed by atoms with E-state index in [4.69, 9.17) is 5.73 Å². The molecule has 11 heteroatoms. The number of aliphatic carboxylic acids is 1. The third kappa shape index (κ3) is 9.62. The van der Waals surface area contributed by atoms with Crippen molar-refractivity contribution in [1.82, 2.24) is 25.9 Å². The van der Waals surface area contributed by atoms with Crippen molar-refractivity contribution in [3.8, 4) is 0 Å². The van der Waals surface area contributed by atoms with Crippen LogP contribution in [0.1, 0.15) is 51.8 Å². The average Bonchev–Trinajstić information content (AvgIpc) is 3.39. The van der Waals surface area contributed by atoms with Crippen molar-refractivity contribution in [3.63, 3.8) is 0 Å². The molecule has 0 aliphatic rings. The Hall–Kier alpha value is -3.73. The van der Waals surface area contributed by atoms with Crippen molar-refractivity contribution in [2.75, 3.05) is 0 Å². The molecule has 5 atom stereocenters. The fraction of sp³-hybridized carbons (Fsp3) is 0.519. The van der Waals surface area contributed by atoms with Gasteiger partial charge in [-0.25, -0.2) is 9.78 Å². The van der Waals surface area contributed by atoms with E-state index in [1.54, 1.807) is 13.1 Å². The van der Waals surface area contributed by atoms with Crippen LogP contribution in [0, 0.1) is 11.8 Å². The van der Waals surface area contributed by atoms with Crippen LogP contribution in [-0.4, -0.2) is 62.9 Å². The molecule has 0 spiro atoms. The summed E-state index contributed by atoms with van der Waals surface area (Å²) in [6.07, 6.45) is 4.25. The zero-order valence-electron chi connectivity index (χ0n) is 22.4. The minimum Gasteiger partial charge on any atom is -0.480 e. The van der Waals surface area contributed by atoms with Crippen LogP contribution in [0.15, 0.2) is 42.9 Å². The van der Waals surface area contributed by atoms with Gasteiger partial charge in [0.25, 0.3) is 0 Å². The summed E-state index contributed by atoms with van der Waals surface area (Å²) in [6.45, 7) is 7.40. The molecule has 0 aliphatic heterocycles. The summed E-state index contributed by atoms with van der Waals surface area (Å²) in [4.78, 5) is 58.1. The Balaban J connectivity index is 2.21. The van der Waals surface area contributed by atoms with Gasteiger partial charge in [-0.05, 0) is 23.8 Å². The number of carbonyl (C=O) groups is 4. The second-order valence-corrected chi connectivity index (χ2v) is 10.0. The van der Waals surface area contributed by atoms with Crippen LogP contribution >= 0.6 is 0 Å². The van der Waals surface area contributed by atoms with Crippen molar-refractivity contribution < 1.29 is 24.3 Å². The van der Waals surface area contributed by atoms with Gasteiger partial charge in [0.15, 0.2) is 0 Å². The normalized spacial score (nSPS) is 15.1. The standard InChI is InChI=1S/C27H40N6O5/c1-5-17(4)23(26(36)32-22(27(37)38)11-16(2)3)33-25(35)21(12-18-9-7-6-8-10-18)31-24(34)20(28)13-19-14-29-15-30-19/h6-10,14-17,20-23H,5,11-13,28H2,1-4H3,(H,29,30)(H,31,34)(H,32,36)(H,33,35)(H,37,38). The number of hydrogen-bond donors (Lipinski definition) is 6. The summed E-state index contributed by atoms with van der Waals surface area (Å²) in [6, 6.07) is 5.15. The molecule has 7 N–H and O–H groups in total. The third-order valence-corrected chi connectivity index (χ3v) is 6.36. The SMILES string of the molecule is CCC(C)C(NC(=O)C(Cc1ccccc1)NC(=O)C(N)Cc1cnc[nH]1)C(=O)NC(CC(C)C)C(=O)O. The Morgan fingerprint density at radius 3 is 2.16 bits per heavy atom. The van der Waals surface area contributed by atoms with Gasteiger partial charge in [0.05, 0.1) is 12.4 Å². The van der Waals surface area contributed by atoms with Crippen LogP contribution < -0.4 is 21.7 Å². The molecule has 2 aromatic rings. The van der Waals surface area contributed by atoms with Gasteiger partial charge in [0, 0.05) is 24.7 Å². The number of imidazole rings is 1.